The third-order valence-corrected chi connectivity index (χ3v) is 5.28. The number of nitrogens with zero attached hydrogens (tertiary/aromatic N) is 2. The average molecular weight is 400 g/mol. The van der Waals surface area contributed by atoms with Gasteiger partial charge in [-0.2, -0.15) is 0 Å². The summed E-state index contributed by atoms with van der Waals surface area (Å²) in [6, 6.07) is 11.9. The highest BCUT2D eigenvalue weighted by molar-refractivity contribution is 5.82. The Morgan fingerprint density at radius 1 is 1.17 bits per heavy atom. The molecule has 3 rings (SSSR count). The van der Waals surface area contributed by atoms with E-state index >= 15 is 0 Å². The second kappa shape index (κ2) is 11.1. The number of nitrogens with one attached hydrogen (secondary N) is 1. The lowest BCUT2D eigenvalue weighted by Gasteiger charge is -2.38. The summed E-state index contributed by atoms with van der Waals surface area (Å²) in [6.07, 6.45) is 2.29. The van der Waals surface area contributed by atoms with Gasteiger partial charge in [-0.05, 0) is 25.2 Å². The van der Waals surface area contributed by atoms with Crippen molar-refractivity contribution in [2.75, 3.05) is 6.54 Å². The van der Waals surface area contributed by atoms with Crippen LogP contribution in [0.2, 0.25) is 0 Å². The highest BCUT2D eigenvalue weighted by atomic mass is 16.5. The van der Waals surface area contributed by atoms with E-state index < -0.39 is 0 Å². The first-order chi connectivity index (χ1) is 13.8. The standard InChI is InChI=1S/C19H25N3O2.C5H12/c1-13(2)9-16-11-22(14(3)19(23)20-16)12-17-10-18(24-21-17)15-7-5-4-6-8-15;1-4-5(2)3/h4-8,10,13-14,16H,9,11-12H2,1-3H3,(H,20,23);5H,4H2,1-3H3. The minimum absolute atomic E-state index is 0.0960. The van der Waals surface area contributed by atoms with Crippen LogP contribution in [0.5, 0.6) is 0 Å². The van der Waals surface area contributed by atoms with Gasteiger partial charge in [0.15, 0.2) is 5.76 Å². The molecule has 1 fully saturated rings. The summed E-state index contributed by atoms with van der Waals surface area (Å²) in [4.78, 5) is 14.4. The Morgan fingerprint density at radius 2 is 1.83 bits per heavy atom. The summed E-state index contributed by atoms with van der Waals surface area (Å²) in [5.74, 6) is 2.30. The molecule has 0 spiro atoms. The minimum Gasteiger partial charge on any atom is -0.356 e. The van der Waals surface area contributed by atoms with Gasteiger partial charge in [0.25, 0.3) is 0 Å². The third kappa shape index (κ3) is 7.32. The maximum Gasteiger partial charge on any atom is 0.237 e. The van der Waals surface area contributed by atoms with Crippen molar-refractivity contribution >= 4 is 5.91 Å². The molecule has 29 heavy (non-hydrogen) atoms. The van der Waals surface area contributed by atoms with Crippen molar-refractivity contribution in [1.29, 1.82) is 0 Å². The lowest BCUT2D eigenvalue weighted by Crippen LogP contribution is -2.58. The van der Waals surface area contributed by atoms with Gasteiger partial charge in [-0.3, -0.25) is 9.69 Å². The van der Waals surface area contributed by atoms with E-state index in [2.05, 4.69) is 50.0 Å². The number of rotatable bonds is 6. The Balaban J connectivity index is 0.000000537. The van der Waals surface area contributed by atoms with Crippen LogP contribution in [0.4, 0.5) is 0 Å². The molecule has 1 aromatic carbocycles. The fourth-order valence-electron chi connectivity index (χ4n) is 3.21. The van der Waals surface area contributed by atoms with Gasteiger partial charge in [-0.15, -0.1) is 0 Å². The van der Waals surface area contributed by atoms with Crippen molar-refractivity contribution in [2.24, 2.45) is 11.8 Å². The lowest BCUT2D eigenvalue weighted by molar-refractivity contribution is -0.130. The Labute approximate surface area is 175 Å². The van der Waals surface area contributed by atoms with E-state index in [-0.39, 0.29) is 18.0 Å². The normalized spacial score (nSPS) is 19.8. The summed E-state index contributed by atoms with van der Waals surface area (Å²) in [5.41, 5.74) is 1.87. The summed E-state index contributed by atoms with van der Waals surface area (Å²) < 4.78 is 5.47. The molecule has 2 atom stereocenters. The molecule has 2 heterocycles. The van der Waals surface area contributed by atoms with Gasteiger partial charge in [0.2, 0.25) is 5.91 Å². The van der Waals surface area contributed by atoms with Crippen molar-refractivity contribution in [2.45, 2.75) is 73.0 Å². The molecule has 1 aliphatic heterocycles. The third-order valence-electron chi connectivity index (χ3n) is 5.28. The van der Waals surface area contributed by atoms with E-state index in [0.717, 1.165) is 35.9 Å². The van der Waals surface area contributed by atoms with Crippen LogP contribution < -0.4 is 5.32 Å². The summed E-state index contributed by atoms with van der Waals surface area (Å²) in [6.45, 7) is 14.4. The van der Waals surface area contributed by atoms with Crippen molar-refractivity contribution in [3.8, 4) is 11.3 Å². The quantitative estimate of drug-likeness (QED) is 0.732. The summed E-state index contributed by atoms with van der Waals surface area (Å²) in [5, 5.41) is 7.30. The van der Waals surface area contributed by atoms with Crippen molar-refractivity contribution in [3.63, 3.8) is 0 Å². The molecule has 1 N–H and O–H groups in total. The smallest absolute Gasteiger partial charge is 0.237 e. The molecule has 5 nitrogen and oxygen atoms in total. The summed E-state index contributed by atoms with van der Waals surface area (Å²) in [7, 11) is 0. The molecule has 5 heteroatoms. The topological polar surface area (TPSA) is 58.4 Å². The number of carbonyl (C=O) groups excluding carboxylic acids is 1. The van der Waals surface area contributed by atoms with Gasteiger partial charge in [-0.25, -0.2) is 0 Å². The predicted molar refractivity (Wildman–Crippen MR) is 118 cm³/mol. The van der Waals surface area contributed by atoms with Gasteiger partial charge in [0, 0.05) is 30.8 Å². The van der Waals surface area contributed by atoms with E-state index in [1.165, 1.54) is 6.42 Å². The molecule has 1 aliphatic rings. The van der Waals surface area contributed by atoms with E-state index in [1.54, 1.807) is 0 Å². The number of carbonyl (C=O) groups is 1. The molecule has 0 radical (unpaired) electrons. The number of hydrogen-bond donors (Lipinski definition) is 1. The monoisotopic (exact) mass is 399 g/mol. The Kier molecular flexibility index (Phi) is 8.90. The highest BCUT2D eigenvalue weighted by Crippen LogP contribution is 2.22. The van der Waals surface area contributed by atoms with E-state index in [0.29, 0.717) is 12.5 Å². The molecule has 160 valence electrons. The van der Waals surface area contributed by atoms with Crippen LogP contribution in [0.1, 0.15) is 60.1 Å². The fourth-order valence-corrected chi connectivity index (χ4v) is 3.21. The van der Waals surface area contributed by atoms with Crippen molar-refractivity contribution < 1.29 is 9.32 Å². The molecule has 0 bridgehead atoms. The SMILES string of the molecule is CC(C)CC1CN(Cc2cc(-c3ccccc3)on2)C(C)C(=O)N1.CCC(C)C. The number of benzene rings is 1. The fraction of sp³-hybridized carbons (Fsp3) is 0.583. The molecule has 0 saturated carbocycles. The minimum atomic E-state index is -0.148. The zero-order valence-corrected chi connectivity index (χ0v) is 18.8. The first kappa shape index (κ1) is 23.1. The second-order valence-electron chi connectivity index (χ2n) is 8.79. The van der Waals surface area contributed by atoms with Gasteiger partial charge in [0.1, 0.15) is 0 Å². The molecule has 2 unspecified atom stereocenters. The van der Waals surface area contributed by atoms with Gasteiger partial charge in [-0.1, -0.05) is 76.5 Å². The van der Waals surface area contributed by atoms with Crippen LogP contribution in [-0.4, -0.2) is 34.6 Å². The number of hydrogen-bond acceptors (Lipinski definition) is 4. The van der Waals surface area contributed by atoms with E-state index in [9.17, 15) is 4.79 Å². The Hall–Kier alpha value is -2.14. The maximum atomic E-state index is 12.2. The molecule has 1 saturated heterocycles. The first-order valence-corrected chi connectivity index (χ1v) is 10.9. The average Bonchev–Trinajstić information content (AvgIpc) is 3.15. The zero-order chi connectivity index (χ0) is 21.4. The molecular weight excluding hydrogens is 362 g/mol. The molecular formula is C24H37N3O2. The van der Waals surface area contributed by atoms with Gasteiger partial charge in [0.05, 0.1) is 11.7 Å². The molecule has 1 aromatic heterocycles. The predicted octanol–water partition coefficient (Wildman–Crippen LogP) is 5.13. The van der Waals surface area contributed by atoms with Gasteiger partial charge < -0.3 is 9.84 Å². The maximum absolute atomic E-state index is 12.2. The van der Waals surface area contributed by atoms with Gasteiger partial charge >= 0.3 is 0 Å². The first-order valence-electron chi connectivity index (χ1n) is 10.9. The van der Waals surface area contributed by atoms with Crippen LogP contribution >= 0.6 is 0 Å². The van der Waals surface area contributed by atoms with E-state index in [1.807, 2.05) is 43.3 Å². The Morgan fingerprint density at radius 3 is 2.41 bits per heavy atom. The second-order valence-corrected chi connectivity index (χ2v) is 8.79. The van der Waals surface area contributed by atoms with Crippen molar-refractivity contribution in [3.05, 3.63) is 42.1 Å². The van der Waals surface area contributed by atoms with Crippen LogP contribution in [0.25, 0.3) is 11.3 Å². The molecule has 2 aromatic rings. The van der Waals surface area contributed by atoms with Crippen molar-refractivity contribution in [1.82, 2.24) is 15.4 Å². The number of amides is 1. The number of piperazine rings is 1. The Bertz CT molecular complexity index is 740. The van der Waals surface area contributed by atoms with E-state index in [4.69, 9.17) is 4.52 Å². The number of aromatic nitrogens is 1. The van der Waals surface area contributed by atoms with Crippen LogP contribution in [0, 0.1) is 11.8 Å². The lowest BCUT2D eigenvalue weighted by atomic mass is 9.99. The highest BCUT2D eigenvalue weighted by Gasteiger charge is 2.32. The van der Waals surface area contributed by atoms with Crippen LogP contribution in [0.15, 0.2) is 40.9 Å². The van der Waals surface area contributed by atoms with Crippen LogP contribution in [0.3, 0.4) is 0 Å². The summed E-state index contributed by atoms with van der Waals surface area (Å²) >= 11 is 0. The molecule has 1 amide bonds. The van der Waals surface area contributed by atoms with Crippen LogP contribution in [-0.2, 0) is 11.3 Å². The largest absolute Gasteiger partial charge is 0.356 e. The zero-order valence-electron chi connectivity index (χ0n) is 18.8. The molecule has 0 aliphatic carbocycles.